The summed E-state index contributed by atoms with van der Waals surface area (Å²) in [5, 5.41) is 0. The molecule has 134 valence electrons. The molecule has 7 nitrogen and oxygen atoms in total. The normalized spacial score (nSPS) is 14.6. The third kappa shape index (κ3) is 22.5. The Kier molecular flexibility index (Phi) is 18.5. The SMILES string of the molecule is C=CC.COCCOC(C)=O.O=C1CCCO1.O=C1CCCO1. The van der Waals surface area contributed by atoms with E-state index in [2.05, 4.69) is 25.5 Å². The summed E-state index contributed by atoms with van der Waals surface area (Å²) < 4.78 is 18.2. The van der Waals surface area contributed by atoms with Crippen molar-refractivity contribution in [3.63, 3.8) is 0 Å². The van der Waals surface area contributed by atoms with E-state index in [0.717, 1.165) is 12.8 Å². The number of cyclic esters (lactones) is 2. The quantitative estimate of drug-likeness (QED) is 0.338. The molecule has 0 N–H and O–H groups in total. The van der Waals surface area contributed by atoms with Gasteiger partial charge in [0.15, 0.2) is 0 Å². The lowest BCUT2D eigenvalue weighted by molar-refractivity contribution is -0.142. The van der Waals surface area contributed by atoms with E-state index in [4.69, 9.17) is 0 Å². The minimum Gasteiger partial charge on any atom is -0.466 e. The van der Waals surface area contributed by atoms with Gasteiger partial charge in [0, 0.05) is 26.9 Å². The molecule has 0 atom stereocenters. The topological polar surface area (TPSA) is 88.1 Å². The zero-order valence-corrected chi connectivity index (χ0v) is 14.3. The molecule has 0 aromatic rings. The standard InChI is InChI=1S/C5H10O3.2C4H6O2.C3H6/c1-5(6)8-4-3-7-2;2*5-4-2-1-3-6-4;1-3-2/h3-4H2,1-2H3;2*1-3H2;3H,1H2,2H3. The monoisotopic (exact) mass is 332 g/mol. The summed E-state index contributed by atoms with van der Waals surface area (Å²) in [7, 11) is 1.56. The molecule has 2 heterocycles. The number of hydrogen-bond donors (Lipinski definition) is 0. The van der Waals surface area contributed by atoms with Crippen LogP contribution in [0.1, 0.15) is 39.5 Å². The molecule has 2 aliphatic rings. The molecule has 2 saturated heterocycles. The highest BCUT2D eigenvalue weighted by Gasteiger charge is 2.08. The second-order valence-corrected chi connectivity index (χ2v) is 4.39. The van der Waals surface area contributed by atoms with Crippen LogP contribution in [0.5, 0.6) is 0 Å². The van der Waals surface area contributed by atoms with Crippen molar-refractivity contribution in [3.05, 3.63) is 12.7 Å². The highest BCUT2D eigenvalue weighted by atomic mass is 16.6. The Labute approximate surface area is 137 Å². The van der Waals surface area contributed by atoms with Crippen molar-refractivity contribution in [1.29, 1.82) is 0 Å². The van der Waals surface area contributed by atoms with E-state index in [1.807, 2.05) is 6.92 Å². The largest absolute Gasteiger partial charge is 0.466 e. The van der Waals surface area contributed by atoms with E-state index in [0.29, 0.717) is 39.3 Å². The van der Waals surface area contributed by atoms with E-state index in [-0.39, 0.29) is 17.9 Å². The summed E-state index contributed by atoms with van der Waals surface area (Å²) in [6.45, 7) is 8.72. The second-order valence-electron chi connectivity index (χ2n) is 4.39. The van der Waals surface area contributed by atoms with Crippen molar-refractivity contribution in [3.8, 4) is 0 Å². The first-order valence-electron chi connectivity index (χ1n) is 7.48. The fourth-order valence-electron chi connectivity index (χ4n) is 1.22. The zero-order valence-electron chi connectivity index (χ0n) is 14.3. The van der Waals surface area contributed by atoms with Crippen molar-refractivity contribution in [1.82, 2.24) is 0 Å². The molecule has 0 spiro atoms. The van der Waals surface area contributed by atoms with E-state index < -0.39 is 0 Å². The molecule has 0 amide bonds. The fraction of sp³-hybridized carbons (Fsp3) is 0.688. The van der Waals surface area contributed by atoms with Crippen LogP contribution in [0.2, 0.25) is 0 Å². The number of hydrogen-bond acceptors (Lipinski definition) is 7. The molecule has 0 aromatic carbocycles. The highest BCUT2D eigenvalue weighted by molar-refractivity contribution is 5.71. The number of ether oxygens (including phenoxy) is 4. The number of allylic oxidation sites excluding steroid dienone is 1. The summed E-state index contributed by atoms with van der Waals surface area (Å²) >= 11 is 0. The van der Waals surface area contributed by atoms with Crippen LogP contribution in [0, 0.1) is 0 Å². The zero-order chi connectivity index (χ0) is 17.9. The van der Waals surface area contributed by atoms with Crippen LogP contribution in [-0.4, -0.2) is 51.4 Å². The molecule has 0 aromatic heterocycles. The molecule has 23 heavy (non-hydrogen) atoms. The molecule has 2 fully saturated rings. The third-order valence-corrected chi connectivity index (χ3v) is 2.17. The van der Waals surface area contributed by atoms with Crippen LogP contribution in [0.3, 0.4) is 0 Å². The van der Waals surface area contributed by atoms with Crippen molar-refractivity contribution in [2.24, 2.45) is 0 Å². The predicted octanol–water partition coefficient (Wildman–Crippen LogP) is 2.03. The summed E-state index contributed by atoms with van der Waals surface area (Å²) in [6.07, 6.45) is 4.83. The van der Waals surface area contributed by atoms with Gasteiger partial charge in [-0.25, -0.2) is 0 Å². The first-order chi connectivity index (χ1) is 11.0. The lowest BCUT2D eigenvalue weighted by Gasteiger charge is -1.97. The summed E-state index contributed by atoms with van der Waals surface area (Å²) in [5.41, 5.74) is 0. The molecule has 0 saturated carbocycles. The molecule has 2 rings (SSSR count). The van der Waals surface area contributed by atoms with Gasteiger partial charge in [-0.3, -0.25) is 14.4 Å². The highest BCUT2D eigenvalue weighted by Crippen LogP contribution is 2.01. The Hall–Kier alpha value is -1.89. The maximum Gasteiger partial charge on any atom is 0.305 e. The van der Waals surface area contributed by atoms with E-state index >= 15 is 0 Å². The van der Waals surface area contributed by atoms with Crippen LogP contribution in [0.4, 0.5) is 0 Å². The van der Waals surface area contributed by atoms with Gasteiger partial charge >= 0.3 is 17.9 Å². The number of rotatable bonds is 3. The van der Waals surface area contributed by atoms with E-state index in [9.17, 15) is 14.4 Å². The van der Waals surface area contributed by atoms with Gasteiger partial charge in [0.1, 0.15) is 6.61 Å². The van der Waals surface area contributed by atoms with Gasteiger partial charge in [-0.15, -0.1) is 6.58 Å². The lowest BCUT2D eigenvalue weighted by Crippen LogP contribution is -2.05. The predicted molar refractivity (Wildman–Crippen MR) is 84.8 cm³/mol. The van der Waals surface area contributed by atoms with Gasteiger partial charge in [-0.2, -0.15) is 0 Å². The van der Waals surface area contributed by atoms with E-state index in [1.165, 1.54) is 6.92 Å². The maximum atomic E-state index is 10.0. The molecule has 0 aliphatic carbocycles. The Balaban J connectivity index is 0. The lowest BCUT2D eigenvalue weighted by atomic mass is 10.4. The van der Waals surface area contributed by atoms with Gasteiger partial charge in [0.05, 0.1) is 19.8 Å². The van der Waals surface area contributed by atoms with Crippen molar-refractivity contribution >= 4 is 17.9 Å². The van der Waals surface area contributed by atoms with Gasteiger partial charge in [0.2, 0.25) is 0 Å². The van der Waals surface area contributed by atoms with Gasteiger partial charge < -0.3 is 18.9 Å². The maximum absolute atomic E-state index is 10.0. The molecule has 2 aliphatic heterocycles. The van der Waals surface area contributed by atoms with Gasteiger partial charge in [0.25, 0.3) is 0 Å². The second kappa shape index (κ2) is 18.2. The third-order valence-electron chi connectivity index (χ3n) is 2.17. The average Bonchev–Trinajstić information content (AvgIpc) is 3.15. The van der Waals surface area contributed by atoms with Crippen LogP contribution >= 0.6 is 0 Å². The molecule has 0 bridgehead atoms. The van der Waals surface area contributed by atoms with Gasteiger partial charge in [-0.05, 0) is 19.8 Å². The minimum absolute atomic E-state index is 0.0463. The molecular formula is C16H28O7. The van der Waals surface area contributed by atoms with Crippen LogP contribution in [0.25, 0.3) is 0 Å². The van der Waals surface area contributed by atoms with Crippen molar-refractivity contribution in [2.45, 2.75) is 39.5 Å². The Morgan fingerprint density at radius 3 is 1.74 bits per heavy atom. The fourth-order valence-corrected chi connectivity index (χ4v) is 1.22. The Morgan fingerprint density at radius 1 is 1.13 bits per heavy atom. The van der Waals surface area contributed by atoms with Crippen LogP contribution < -0.4 is 0 Å². The summed E-state index contributed by atoms with van der Waals surface area (Å²) in [4.78, 5) is 30.1. The molecule has 7 heteroatoms. The summed E-state index contributed by atoms with van der Waals surface area (Å²) in [5.74, 6) is -0.355. The number of methoxy groups -OCH3 is 1. The van der Waals surface area contributed by atoms with Crippen LogP contribution in [0.15, 0.2) is 12.7 Å². The molecule has 0 unspecified atom stereocenters. The molecular weight excluding hydrogens is 304 g/mol. The Bertz CT molecular complexity index is 303. The van der Waals surface area contributed by atoms with Crippen molar-refractivity contribution in [2.75, 3.05) is 33.5 Å². The number of esters is 3. The first-order valence-corrected chi connectivity index (χ1v) is 7.48. The van der Waals surface area contributed by atoms with Crippen LogP contribution in [-0.2, 0) is 33.3 Å². The number of carbonyl (C=O) groups is 3. The first kappa shape index (κ1) is 23.4. The van der Waals surface area contributed by atoms with Gasteiger partial charge in [-0.1, -0.05) is 6.08 Å². The number of carbonyl (C=O) groups excluding carboxylic acids is 3. The van der Waals surface area contributed by atoms with E-state index in [1.54, 1.807) is 13.2 Å². The summed E-state index contributed by atoms with van der Waals surface area (Å²) in [6, 6.07) is 0. The smallest absolute Gasteiger partial charge is 0.305 e. The minimum atomic E-state index is -0.262. The van der Waals surface area contributed by atoms with Crippen molar-refractivity contribution < 1.29 is 33.3 Å². The molecule has 0 radical (unpaired) electrons. The Morgan fingerprint density at radius 2 is 1.57 bits per heavy atom. The average molecular weight is 332 g/mol.